The van der Waals surface area contributed by atoms with Gasteiger partial charge in [0, 0.05) is 30.0 Å². The lowest BCUT2D eigenvalue weighted by molar-refractivity contribution is -0.113. The van der Waals surface area contributed by atoms with E-state index in [-0.39, 0.29) is 23.6 Å². The number of hydrogen-bond donors (Lipinski definition) is 2. The van der Waals surface area contributed by atoms with Crippen LogP contribution >= 0.6 is 11.8 Å². The first-order chi connectivity index (χ1) is 15.2. The van der Waals surface area contributed by atoms with Gasteiger partial charge in [0.05, 0.1) is 17.0 Å². The molecule has 2 amide bonds. The number of hydrogen-bond acceptors (Lipinski definition) is 6. The molecule has 0 saturated heterocycles. The van der Waals surface area contributed by atoms with Crippen molar-refractivity contribution in [3.05, 3.63) is 54.4 Å². The third-order valence-electron chi connectivity index (χ3n) is 5.21. The average molecular weight is 435 g/mol. The van der Waals surface area contributed by atoms with Crippen LogP contribution in [0.5, 0.6) is 0 Å². The number of rotatable bonds is 8. The quantitative estimate of drug-likeness (QED) is 0.528. The summed E-state index contributed by atoms with van der Waals surface area (Å²) in [6, 6.07) is 11.5. The molecule has 0 bridgehead atoms. The zero-order valence-electron chi connectivity index (χ0n) is 16.8. The van der Waals surface area contributed by atoms with Gasteiger partial charge in [-0.3, -0.25) is 19.1 Å². The molecule has 158 valence electrons. The van der Waals surface area contributed by atoms with Crippen molar-refractivity contribution in [3.8, 4) is 11.4 Å². The van der Waals surface area contributed by atoms with Crippen molar-refractivity contribution in [2.45, 2.75) is 42.9 Å². The molecule has 0 aliphatic heterocycles. The summed E-state index contributed by atoms with van der Waals surface area (Å²) in [6.07, 6.45) is 7.66. The smallest absolute Gasteiger partial charge is 0.253 e. The summed E-state index contributed by atoms with van der Waals surface area (Å²) < 4.78 is 2.12. The molecular weight excluding hydrogens is 412 g/mol. The second-order valence-electron chi connectivity index (χ2n) is 7.77. The van der Waals surface area contributed by atoms with Crippen molar-refractivity contribution in [3.63, 3.8) is 0 Å². The van der Waals surface area contributed by atoms with Crippen molar-refractivity contribution in [2.24, 2.45) is 0 Å². The van der Waals surface area contributed by atoms with Crippen LogP contribution in [0.4, 0.5) is 5.69 Å². The van der Waals surface area contributed by atoms with Gasteiger partial charge >= 0.3 is 0 Å². The number of carbonyl (C=O) groups is 2. The summed E-state index contributed by atoms with van der Waals surface area (Å²) >= 11 is 1.35. The number of nitrogens with one attached hydrogen (secondary N) is 2. The van der Waals surface area contributed by atoms with Crippen molar-refractivity contribution >= 4 is 29.3 Å². The number of aromatic nitrogens is 4. The molecule has 2 heterocycles. The molecule has 5 rings (SSSR count). The van der Waals surface area contributed by atoms with Gasteiger partial charge in [0.1, 0.15) is 0 Å². The Labute approximate surface area is 183 Å². The highest BCUT2D eigenvalue weighted by molar-refractivity contribution is 7.99. The van der Waals surface area contributed by atoms with E-state index in [1.54, 1.807) is 36.7 Å². The van der Waals surface area contributed by atoms with Gasteiger partial charge in [0.15, 0.2) is 11.0 Å². The van der Waals surface area contributed by atoms with Crippen LogP contribution in [-0.2, 0) is 4.79 Å². The minimum absolute atomic E-state index is 0.151. The van der Waals surface area contributed by atoms with Crippen LogP contribution in [0.15, 0.2) is 53.9 Å². The lowest BCUT2D eigenvalue weighted by Crippen LogP contribution is -2.27. The highest BCUT2D eigenvalue weighted by Gasteiger charge is 2.30. The summed E-state index contributed by atoms with van der Waals surface area (Å²) in [4.78, 5) is 29.1. The van der Waals surface area contributed by atoms with Crippen molar-refractivity contribution in [1.29, 1.82) is 0 Å². The van der Waals surface area contributed by atoms with Crippen LogP contribution in [-0.4, -0.2) is 43.4 Å². The lowest BCUT2D eigenvalue weighted by Gasteiger charge is -2.11. The monoisotopic (exact) mass is 434 g/mol. The van der Waals surface area contributed by atoms with Gasteiger partial charge in [-0.1, -0.05) is 23.9 Å². The van der Waals surface area contributed by atoms with Crippen LogP contribution < -0.4 is 10.6 Å². The molecule has 2 N–H and O–H groups in total. The van der Waals surface area contributed by atoms with Crippen LogP contribution in [0.2, 0.25) is 0 Å². The van der Waals surface area contributed by atoms with E-state index in [0.717, 1.165) is 42.2 Å². The maximum atomic E-state index is 12.6. The maximum Gasteiger partial charge on any atom is 0.253 e. The molecule has 0 spiro atoms. The molecule has 2 aliphatic carbocycles. The lowest BCUT2D eigenvalue weighted by atomic mass is 10.1. The highest BCUT2D eigenvalue weighted by atomic mass is 32.2. The number of pyridine rings is 1. The van der Waals surface area contributed by atoms with E-state index in [1.165, 1.54) is 11.8 Å². The van der Waals surface area contributed by atoms with E-state index in [4.69, 9.17) is 0 Å². The zero-order valence-corrected chi connectivity index (χ0v) is 17.6. The molecule has 1 aromatic carbocycles. The summed E-state index contributed by atoms with van der Waals surface area (Å²) in [6.45, 7) is 0. The highest BCUT2D eigenvalue weighted by Crippen LogP contribution is 2.41. The SMILES string of the molecule is O=C(CSc1nnc(-c2ccncc2)n1C1CC1)Nc1ccccc1C(=O)NC1CC1. The molecule has 3 aromatic rings. The summed E-state index contributed by atoms with van der Waals surface area (Å²) in [5.74, 6) is 0.642. The standard InChI is InChI=1S/C22H22N6O2S/c29-19(25-18-4-2-1-3-17(18)21(30)24-15-5-6-15)13-31-22-27-26-20(28(22)16-7-8-16)14-9-11-23-12-10-14/h1-4,9-12,15-16H,5-8,13H2,(H,24,30)(H,25,29). The van der Waals surface area contributed by atoms with Crippen LogP contribution in [0.25, 0.3) is 11.4 Å². The molecule has 2 saturated carbocycles. The van der Waals surface area contributed by atoms with Gasteiger partial charge in [-0.15, -0.1) is 10.2 Å². The van der Waals surface area contributed by atoms with Crippen LogP contribution in [0.3, 0.4) is 0 Å². The summed E-state index contributed by atoms with van der Waals surface area (Å²) in [7, 11) is 0. The van der Waals surface area contributed by atoms with Crippen LogP contribution in [0, 0.1) is 0 Å². The fourth-order valence-electron chi connectivity index (χ4n) is 3.33. The Kier molecular flexibility index (Phi) is 5.42. The topological polar surface area (TPSA) is 102 Å². The van der Waals surface area contributed by atoms with Gasteiger partial charge in [0.25, 0.3) is 5.91 Å². The van der Waals surface area contributed by atoms with Crippen LogP contribution in [0.1, 0.15) is 42.1 Å². The fraction of sp³-hybridized carbons (Fsp3) is 0.318. The molecule has 0 radical (unpaired) electrons. The Morgan fingerprint density at radius 3 is 2.55 bits per heavy atom. The van der Waals surface area contributed by atoms with Gasteiger partial charge in [-0.25, -0.2) is 0 Å². The predicted molar refractivity (Wildman–Crippen MR) is 118 cm³/mol. The minimum Gasteiger partial charge on any atom is -0.349 e. The van der Waals surface area contributed by atoms with Crippen molar-refractivity contribution in [1.82, 2.24) is 25.1 Å². The van der Waals surface area contributed by atoms with E-state index in [2.05, 4.69) is 30.4 Å². The normalized spacial score (nSPS) is 15.5. The Hall–Kier alpha value is -3.20. The van der Waals surface area contributed by atoms with E-state index in [1.807, 2.05) is 12.1 Å². The second kappa shape index (κ2) is 8.50. The van der Waals surface area contributed by atoms with Crippen molar-refractivity contribution < 1.29 is 9.59 Å². The predicted octanol–water partition coefficient (Wildman–Crippen LogP) is 3.30. The van der Waals surface area contributed by atoms with Gasteiger partial charge in [-0.05, 0) is 49.9 Å². The molecule has 0 unspecified atom stereocenters. The van der Waals surface area contributed by atoms with E-state index in [0.29, 0.717) is 17.3 Å². The Balaban J connectivity index is 1.27. The fourth-order valence-corrected chi connectivity index (χ4v) is 4.14. The number of amides is 2. The Morgan fingerprint density at radius 2 is 1.81 bits per heavy atom. The molecule has 2 aromatic heterocycles. The molecular formula is C22H22N6O2S. The maximum absolute atomic E-state index is 12.6. The van der Waals surface area contributed by atoms with E-state index >= 15 is 0 Å². The van der Waals surface area contributed by atoms with Gasteiger partial charge in [0.2, 0.25) is 5.91 Å². The number of anilines is 1. The average Bonchev–Trinajstić information content (AvgIpc) is 3.73. The first kappa shape index (κ1) is 19.7. The molecule has 8 nitrogen and oxygen atoms in total. The van der Waals surface area contributed by atoms with E-state index < -0.39 is 0 Å². The number of carbonyl (C=O) groups excluding carboxylic acids is 2. The third kappa shape index (κ3) is 4.61. The minimum atomic E-state index is -0.188. The van der Waals surface area contributed by atoms with Crippen molar-refractivity contribution in [2.75, 3.05) is 11.1 Å². The molecule has 9 heteroatoms. The largest absolute Gasteiger partial charge is 0.349 e. The Bertz CT molecular complexity index is 1110. The summed E-state index contributed by atoms with van der Waals surface area (Å²) in [5, 5.41) is 15.3. The van der Waals surface area contributed by atoms with Gasteiger partial charge in [-0.2, -0.15) is 0 Å². The van der Waals surface area contributed by atoms with E-state index in [9.17, 15) is 9.59 Å². The number of nitrogens with zero attached hydrogens (tertiary/aromatic N) is 4. The zero-order chi connectivity index (χ0) is 21.2. The number of para-hydroxylation sites is 1. The first-order valence-electron chi connectivity index (χ1n) is 10.4. The van der Waals surface area contributed by atoms with Gasteiger partial charge < -0.3 is 10.6 Å². The Morgan fingerprint density at radius 1 is 1.03 bits per heavy atom. The molecule has 31 heavy (non-hydrogen) atoms. The third-order valence-corrected chi connectivity index (χ3v) is 6.15. The molecule has 2 fully saturated rings. The molecule has 2 aliphatic rings. The molecule has 0 atom stereocenters. The first-order valence-corrected chi connectivity index (χ1v) is 11.4. The number of thioether (sulfide) groups is 1. The summed E-state index contributed by atoms with van der Waals surface area (Å²) in [5.41, 5.74) is 1.96. The number of benzene rings is 1. The second-order valence-corrected chi connectivity index (χ2v) is 8.72.